The molecular weight excluding hydrogens is 272 g/mol. The Morgan fingerprint density at radius 2 is 2.05 bits per heavy atom. The van der Waals surface area contributed by atoms with Crippen molar-refractivity contribution < 1.29 is 9.53 Å². The van der Waals surface area contributed by atoms with Gasteiger partial charge >= 0.3 is 5.97 Å². The van der Waals surface area contributed by atoms with Gasteiger partial charge in [-0.1, -0.05) is 45.4 Å². The van der Waals surface area contributed by atoms with Crippen molar-refractivity contribution in [2.75, 3.05) is 6.61 Å². The first kappa shape index (κ1) is 15.8. The molecule has 0 bridgehead atoms. The smallest absolute Gasteiger partial charge is 0.333 e. The predicted octanol–water partition coefficient (Wildman–Crippen LogP) is 5.05. The summed E-state index contributed by atoms with van der Waals surface area (Å²) in [6.45, 7) is 12.3. The molecule has 2 heteroatoms. The Morgan fingerprint density at radius 3 is 2.73 bits per heavy atom. The minimum absolute atomic E-state index is 0.105. The molecule has 122 valence electrons. The third-order valence-electron chi connectivity index (χ3n) is 6.79. The van der Waals surface area contributed by atoms with Crippen LogP contribution in [0.15, 0.2) is 23.8 Å². The maximum absolute atomic E-state index is 11.7. The molecule has 0 aromatic heterocycles. The molecule has 0 amide bonds. The van der Waals surface area contributed by atoms with Crippen LogP contribution in [-0.4, -0.2) is 12.6 Å². The maximum atomic E-state index is 11.7. The number of rotatable bonds is 2. The standard InChI is InChI=1S/C20H30O2/c1-14-6-9-17-19(2,3)11-5-12-20(17,4)16(14)8-7-15-10-13-22-18(15)21/h7,16-17H,1,5-6,8-13H2,2-4H3/b15-7-/t16-,17-,20+/m0/s1. The average molecular weight is 302 g/mol. The first-order chi connectivity index (χ1) is 10.3. The topological polar surface area (TPSA) is 26.3 Å². The van der Waals surface area contributed by atoms with Gasteiger partial charge in [0.1, 0.15) is 0 Å². The van der Waals surface area contributed by atoms with Crippen molar-refractivity contribution in [3.63, 3.8) is 0 Å². The highest BCUT2D eigenvalue weighted by Crippen LogP contribution is 2.61. The van der Waals surface area contributed by atoms with Crippen molar-refractivity contribution in [3.8, 4) is 0 Å². The molecule has 2 aliphatic carbocycles. The summed E-state index contributed by atoms with van der Waals surface area (Å²) in [5.74, 6) is 1.19. The second-order valence-corrected chi connectivity index (χ2v) is 8.50. The van der Waals surface area contributed by atoms with E-state index in [1.807, 2.05) is 0 Å². The number of fused-ring (bicyclic) bond motifs is 1. The van der Waals surface area contributed by atoms with E-state index in [0.717, 1.165) is 30.8 Å². The van der Waals surface area contributed by atoms with Crippen LogP contribution in [0.2, 0.25) is 0 Å². The van der Waals surface area contributed by atoms with Gasteiger partial charge in [-0.25, -0.2) is 4.79 Å². The van der Waals surface area contributed by atoms with Gasteiger partial charge in [0.25, 0.3) is 0 Å². The fraction of sp³-hybridized carbons (Fsp3) is 0.750. The molecule has 0 unspecified atom stereocenters. The summed E-state index contributed by atoms with van der Waals surface area (Å²) in [5, 5.41) is 0. The van der Waals surface area contributed by atoms with Crippen LogP contribution in [0.4, 0.5) is 0 Å². The highest BCUT2D eigenvalue weighted by molar-refractivity contribution is 5.90. The Hall–Kier alpha value is -1.05. The molecule has 3 aliphatic rings. The summed E-state index contributed by atoms with van der Waals surface area (Å²) in [7, 11) is 0. The largest absolute Gasteiger partial charge is 0.462 e. The molecule has 0 aromatic carbocycles. The Kier molecular flexibility index (Phi) is 3.99. The normalized spacial score (nSPS) is 39.7. The highest BCUT2D eigenvalue weighted by Gasteiger charge is 2.52. The highest BCUT2D eigenvalue weighted by atomic mass is 16.5. The summed E-state index contributed by atoms with van der Waals surface area (Å²) in [6.07, 6.45) is 10.3. The first-order valence-corrected chi connectivity index (χ1v) is 8.88. The zero-order chi connectivity index (χ0) is 16.0. The average Bonchev–Trinajstić information content (AvgIpc) is 2.82. The van der Waals surface area contributed by atoms with Gasteiger partial charge in [-0.05, 0) is 54.8 Å². The van der Waals surface area contributed by atoms with E-state index < -0.39 is 0 Å². The lowest BCUT2D eigenvalue weighted by atomic mass is 9.47. The Morgan fingerprint density at radius 1 is 1.27 bits per heavy atom. The zero-order valence-corrected chi connectivity index (χ0v) is 14.4. The Balaban J connectivity index is 1.84. The molecule has 1 heterocycles. The quantitative estimate of drug-likeness (QED) is 0.405. The molecule has 3 rings (SSSR count). The Bertz CT molecular complexity index is 514. The van der Waals surface area contributed by atoms with Gasteiger partial charge in [0.2, 0.25) is 0 Å². The summed E-state index contributed by atoms with van der Waals surface area (Å²) in [6, 6.07) is 0. The van der Waals surface area contributed by atoms with Gasteiger partial charge in [0.05, 0.1) is 6.61 Å². The van der Waals surface area contributed by atoms with Crippen molar-refractivity contribution in [1.82, 2.24) is 0 Å². The number of esters is 1. The second-order valence-electron chi connectivity index (χ2n) is 8.50. The van der Waals surface area contributed by atoms with Gasteiger partial charge in [-0.3, -0.25) is 0 Å². The van der Waals surface area contributed by atoms with E-state index in [9.17, 15) is 4.79 Å². The van der Waals surface area contributed by atoms with E-state index in [1.54, 1.807) is 0 Å². The SMILES string of the molecule is C=C1CC[C@H]2C(C)(C)CCC[C@]2(C)[C@H]1C/C=C1/CCOC1=O. The van der Waals surface area contributed by atoms with E-state index in [-0.39, 0.29) is 5.97 Å². The van der Waals surface area contributed by atoms with E-state index in [4.69, 9.17) is 4.74 Å². The van der Waals surface area contributed by atoms with Crippen LogP contribution >= 0.6 is 0 Å². The fourth-order valence-electron chi connectivity index (χ4n) is 5.60. The van der Waals surface area contributed by atoms with Crippen molar-refractivity contribution in [3.05, 3.63) is 23.8 Å². The first-order valence-electron chi connectivity index (χ1n) is 8.88. The van der Waals surface area contributed by atoms with Gasteiger partial charge < -0.3 is 4.74 Å². The second kappa shape index (κ2) is 5.54. The van der Waals surface area contributed by atoms with Crippen LogP contribution in [0, 0.1) is 22.7 Å². The molecule has 0 spiro atoms. The van der Waals surface area contributed by atoms with Crippen LogP contribution in [0.1, 0.15) is 65.7 Å². The lowest BCUT2D eigenvalue weighted by molar-refractivity contribution is -0.135. The van der Waals surface area contributed by atoms with Crippen molar-refractivity contribution in [2.45, 2.75) is 65.7 Å². The van der Waals surface area contributed by atoms with Gasteiger partial charge in [0, 0.05) is 12.0 Å². The summed E-state index contributed by atoms with van der Waals surface area (Å²) < 4.78 is 5.07. The fourth-order valence-corrected chi connectivity index (χ4v) is 5.60. The van der Waals surface area contributed by atoms with Crippen LogP contribution < -0.4 is 0 Å². The number of allylic oxidation sites excluding steroid dienone is 2. The van der Waals surface area contributed by atoms with Crippen molar-refractivity contribution in [2.24, 2.45) is 22.7 Å². The number of hydrogen-bond acceptors (Lipinski definition) is 2. The van der Waals surface area contributed by atoms with E-state index >= 15 is 0 Å². The molecule has 1 saturated heterocycles. The Labute approximate surface area is 135 Å². The van der Waals surface area contributed by atoms with E-state index in [2.05, 4.69) is 33.4 Å². The molecular formula is C20H30O2. The van der Waals surface area contributed by atoms with Crippen LogP contribution in [0.25, 0.3) is 0 Å². The lowest BCUT2D eigenvalue weighted by Gasteiger charge is -2.58. The van der Waals surface area contributed by atoms with Gasteiger partial charge in [-0.15, -0.1) is 0 Å². The molecule has 0 radical (unpaired) electrons. The van der Waals surface area contributed by atoms with Crippen molar-refractivity contribution in [1.29, 1.82) is 0 Å². The molecule has 22 heavy (non-hydrogen) atoms. The van der Waals surface area contributed by atoms with E-state index in [0.29, 0.717) is 23.4 Å². The number of carbonyl (C=O) groups excluding carboxylic acids is 1. The number of hydrogen-bond donors (Lipinski definition) is 0. The molecule has 3 atom stereocenters. The number of carbonyl (C=O) groups is 1. The molecule has 2 saturated carbocycles. The molecule has 2 nitrogen and oxygen atoms in total. The zero-order valence-electron chi connectivity index (χ0n) is 14.4. The van der Waals surface area contributed by atoms with Crippen LogP contribution in [0.3, 0.4) is 0 Å². The van der Waals surface area contributed by atoms with Crippen LogP contribution in [0.5, 0.6) is 0 Å². The van der Waals surface area contributed by atoms with E-state index in [1.165, 1.54) is 31.3 Å². The molecule has 3 fully saturated rings. The van der Waals surface area contributed by atoms with Crippen molar-refractivity contribution >= 4 is 5.97 Å². The molecule has 0 N–H and O–H groups in total. The summed E-state index contributed by atoms with van der Waals surface area (Å²) in [5.41, 5.74) is 3.07. The number of ether oxygens (including phenoxy) is 1. The summed E-state index contributed by atoms with van der Waals surface area (Å²) in [4.78, 5) is 11.7. The third-order valence-corrected chi connectivity index (χ3v) is 6.79. The molecule has 1 aliphatic heterocycles. The summed E-state index contributed by atoms with van der Waals surface area (Å²) >= 11 is 0. The monoisotopic (exact) mass is 302 g/mol. The number of cyclic esters (lactones) is 1. The minimum Gasteiger partial charge on any atom is -0.462 e. The lowest BCUT2D eigenvalue weighted by Crippen LogP contribution is -2.49. The van der Waals surface area contributed by atoms with Gasteiger partial charge in [-0.2, -0.15) is 0 Å². The third kappa shape index (κ3) is 2.55. The maximum Gasteiger partial charge on any atom is 0.333 e. The van der Waals surface area contributed by atoms with Gasteiger partial charge in [0.15, 0.2) is 0 Å². The molecule has 0 aromatic rings. The minimum atomic E-state index is -0.105. The predicted molar refractivity (Wildman–Crippen MR) is 89.4 cm³/mol. The van der Waals surface area contributed by atoms with Crippen LogP contribution in [-0.2, 0) is 9.53 Å².